The molecule has 0 bridgehead atoms. The molecule has 3 aromatic carbocycles. The van der Waals surface area contributed by atoms with Crippen LogP contribution in [0.5, 0.6) is 0 Å². The first-order chi connectivity index (χ1) is 13.4. The first-order valence-corrected chi connectivity index (χ1v) is 10.2. The number of hydrogen-bond acceptors (Lipinski definition) is 1. The predicted molar refractivity (Wildman–Crippen MR) is 124 cm³/mol. The van der Waals surface area contributed by atoms with Crippen LogP contribution in [0.25, 0.3) is 0 Å². The van der Waals surface area contributed by atoms with Crippen LogP contribution >= 0.6 is 35.4 Å². The molecule has 0 atom stereocenters. The van der Waals surface area contributed by atoms with Gasteiger partial charge in [0, 0.05) is 28.8 Å². The molecule has 0 fully saturated rings. The molecule has 144 valence electrons. The monoisotopic (exact) mass is 428 g/mol. The van der Waals surface area contributed by atoms with E-state index in [0.717, 1.165) is 16.8 Å². The number of thiocarbonyl (C=S) groups is 1. The highest BCUT2D eigenvalue weighted by Crippen LogP contribution is 2.24. The van der Waals surface area contributed by atoms with Gasteiger partial charge in [-0.2, -0.15) is 0 Å². The van der Waals surface area contributed by atoms with Crippen molar-refractivity contribution in [2.45, 2.75) is 26.9 Å². The lowest BCUT2D eigenvalue weighted by atomic mass is 10.1. The van der Waals surface area contributed by atoms with E-state index in [2.05, 4.69) is 54.4 Å². The molecule has 3 aromatic rings. The van der Waals surface area contributed by atoms with Crippen molar-refractivity contribution in [3.63, 3.8) is 0 Å². The van der Waals surface area contributed by atoms with Crippen molar-refractivity contribution in [3.05, 3.63) is 99.0 Å². The Kier molecular flexibility index (Phi) is 6.95. The number of anilines is 1. The average molecular weight is 429 g/mol. The second-order valence-electron chi connectivity index (χ2n) is 6.83. The Morgan fingerprint density at radius 2 is 1.68 bits per heavy atom. The van der Waals surface area contributed by atoms with E-state index >= 15 is 0 Å². The third-order valence-corrected chi connectivity index (χ3v) is 5.45. The van der Waals surface area contributed by atoms with E-state index in [1.807, 2.05) is 30.3 Å². The number of aryl methyl sites for hydroxylation is 2. The summed E-state index contributed by atoms with van der Waals surface area (Å²) < 4.78 is 0. The summed E-state index contributed by atoms with van der Waals surface area (Å²) in [5.41, 5.74) is 5.55. The Hall–Kier alpha value is -2.07. The lowest BCUT2D eigenvalue weighted by Gasteiger charge is -2.27. The molecule has 0 heterocycles. The minimum atomic E-state index is 0.585. The van der Waals surface area contributed by atoms with Gasteiger partial charge in [0.2, 0.25) is 0 Å². The topological polar surface area (TPSA) is 15.3 Å². The number of nitrogens with zero attached hydrogens (tertiary/aromatic N) is 1. The number of benzene rings is 3. The summed E-state index contributed by atoms with van der Waals surface area (Å²) in [6.07, 6.45) is 0. The van der Waals surface area contributed by atoms with Gasteiger partial charge in [0.05, 0.1) is 0 Å². The maximum atomic E-state index is 6.41. The van der Waals surface area contributed by atoms with Crippen molar-refractivity contribution in [2.75, 3.05) is 5.32 Å². The zero-order valence-corrected chi connectivity index (χ0v) is 18.2. The molecule has 0 unspecified atom stereocenters. The molecular formula is C23H22Cl2N2S. The van der Waals surface area contributed by atoms with Crippen LogP contribution < -0.4 is 5.32 Å². The summed E-state index contributed by atoms with van der Waals surface area (Å²) in [7, 11) is 0. The Morgan fingerprint density at radius 1 is 0.929 bits per heavy atom. The molecule has 0 saturated heterocycles. The summed E-state index contributed by atoms with van der Waals surface area (Å²) in [5, 5.41) is 5.31. The quantitative estimate of drug-likeness (QED) is 0.439. The molecule has 2 nitrogen and oxygen atoms in total. The van der Waals surface area contributed by atoms with Crippen molar-refractivity contribution >= 4 is 46.2 Å². The van der Waals surface area contributed by atoms with Gasteiger partial charge in [-0.25, -0.2) is 0 Å². The van der Waals surface area contributed by atoms with Crippen molar-refractivity contribution < 1.29 is 0 Å². The van der Waals surface area contributed by atoms with E-state index in [-0.39, 0.29) is 0 Å². The average Bonchev–Trinajstić information content (AvgIpc) is 2.66. The van der Waals surface area contributed by atoms with Crippen LogP contribution in [0.15, 0.2) is 66.7 Å². The van der Waals surface area contributed by atoms with E-state index in [0.29, 0.717) is 28.2 Å². The smallest absolute Gasteiger partial charge is 0.174 e. The molecule has 0 radical (unpaired) electrons. The highest BCUT2D eigenvalue weighted by molar-refractivity contribution is 7.80. The van der Waals surface area contributed by atoms with Crippen molar-refractivity contribution in [1.29, 1.82) is 0 Å². The molecule has 0 aliphatic heterocycles. The normalized spacial score (nSPS) is 10.6. The van der Waals surface area contributed by atoms with E-state index < -0.39 is 0 Å². The molecule has 0 spiro atoms. The Bertz CT molecular complexity index is 974. The van der Waals surface area contributed by atoms with E-state index in [1.165, 1.54) is 11.1 Å². The fraction of sp³-hybridized carbons (Fsp3) is 0.174. The summed E-state index contributed by atoms with van der Waals surface area (Å²) in [6, 6.07) is 22.1. The van der Waals surface area contributed by atoms with Crippen molar-refractivity contribution in [3.8, 4) is 0 Å². The van der Waals surface area contributed by atoms with Crippen LogP contribution in [0.3, 0.4) is 0 Å². The predicted octanol–water partition coefficient (Wildman–Crippen LogP) is 7.01. The maximum absolute atomic E-state index is 6.41. The first kappa shape index (κ1) is 20.7. The summed E-state index contributed by atoms with van der Waals surface area (Å²) >= 11 is 18.2. The number of hydrogen-bond donors (Lipinski definition) is 1. The first-order valence-electron chi connectivity index (χ1n) is 9.03. The zero-order valence-electron chi connectivity index (χ0n) is 15.9. The van der Waals surface area contributed by atoms with Crippen molar-refractivity contribution in [2.24, 2.45) is 0 Å². The molecule has 0 aromatic heterocycles. The van der Waals surface area contributed by atoms with Crippen LogP contribution in [-0.2, 0) is 13.1 Å². The van der Waals surface area contributed by atoms with Gasteiger partial charge in [0.1, 0.15) is 0 Å². The Balaban J connectivity index is 1.85. The van der Waals surface area contributed by atoms with E-state index in [1.54, 1.807) is 6.07 Å². The van der Waals surface area contributed by atoms with Gasteiger partial charge in [0.15, 0.2) is 5.11 Å². The number of rotatable bonds is 5. The fourth-order valence-corrected chi connectivity index (χ4v) is 3.71. The van der Waals surface area contributed by atoms with Crippen LogP contribution in [0.4, 0.5) is 5.69 Å². The standard InChI is InChI=1S/C23H22Cl2N2S/c1-16-8-11-22(17(2)12-16)26-23(28)27(14-18-6-4-3-5-7-18)15-19-9-10-20(24)13-21(19)25/h3-13H,14-15H2,1-2H3,(H,26,28). The van der Waals surface area contributed by atoms with Crippen LogP contribution in [0, 0.1) is 13.8 Å². The summed E-state index contributed by atoms with van der Waals surface area (Å²) in [6.45, 7) is 5.42. The van der Waals surface area contributed by atoms with Crippen LogP contribution in [0.1, 0.15) is 22.3 Å². The zero-order chi connectivity index (χ0) is 20.1. The molecule has 0 aliphatic carbocycles. The van der Waals surface area contributed by atoms with Gasteiger partial charge in [-0.05, 0) is 61.0 Å². The molecule has 0 aliphatic rings. The summed E-state index contributed by atoms with van der Waals surface area (Å²) in [4.78, 5) is 2.11. The van der Waals surface area contributed by atoms with E-state index in [4.69, 9.17) is 35.4 Å². The number of halogens is 2. The molecular weight excluding hydrogens is 407 g/mol. The van der Waals surface area contributed by atoms with Gasteiger partial charge in [0.25, 0.3) is 0 Å². The molecule has 3 rings (SSSR count). The third-order valence-electron chi connectivity index (χ3n) is 4.50. The molecule has 1 N–H and O–H groups in total. The SMILES string of the molecule is Cc1ccc(NC(=S)N(Cc2ccccc2)Cc2ccc(Cl)cc2Cl)c(C)c1. The second-order valence-corrected chi connectivity index (χ2v) is 8.06. The van der Waals surface area contributed by atoms with Gasteiger partial charge in [-0.1, -0.05) is 77.3 Å². The van der Waals surface area contributed by atoms with E-state index in [9.17, 15) is 0 Å². The molecule has 0 amide bonds. The van der Waals surface area contributed by atoms with Crippen LogP contribution in [0.2, 0.25) is 10.0 Å². The minimum absolute atomic E-state index is 0.585. The molecule has 5 heteroatoms. The maximum Gasteiger partial charge on any atom is 0.174 e. The van der Waals surface area contributed by atoms with Crippen LogP contribution in [-0.4, -0.2) is 10.0 Å². The van der Waals surface area contributed by atoms with Gasteiger partial charge < -0.3 is 10.2 Å². The minimum Gasteiger partial charge on any atom is -0.340 e. The second kappa shape index (κ2) is 9.42. The lowest BCUT2D eigenvalue weighted by molar-refractivity contribution is 0.413. The summed E-state index contributed by atoms with van der Waals surface area (Å²) in [5.74, 6) is 0. The molecule has 28 heavy (non-hydrogen) atoms. The lowest BCUT2D eigenvalue weighted by Crippen LogP contribution is -2.34. The Morgan fingerprint density at radius 3 is 2.36 bits per heavy atom. The van der Waals surface area contributed by atoms with Crippen molar-refractivity contribution in [1.82, 2.24) is 4.90 Å². The Labute approximate surface area is 182 Å². The largest absolute Gasteiger partial charge is 0.340 e. The fourth-order valence-electron chi connectivity index (χ4n) is 3.01. The van der Waals surface area contributed by atoms with Gasteiger partial charge in [-0.3, -0.25) is 0 Å². The highest BCUT2D eigenvalue weighted by Gasteiger charge is 2.14. The number of nitrogens with one attached hydrogen (secondary N) is 1. The third kappa shape index (κ3) is 5.48. The van der Waals surface area contributed by atoms with Gasteiger partial charge in [-0.15, -0.1) is 0 Å². The van der Waals surface area contributed by atoms with Gasteiger partial charge >= 0.3 is 0 Å². The highest BCUT2D eigenvalue weighted by atomic mass is 35.5. The molecule has 0 saturated carbocycles.